The van der Waals surface area contributed by atoms with E-state index < -0.39 is 0 Å². The number of hydrogen-bond donors (Lipinski definition) is 0. The number of carbonyl (C=O) groups is 3. The quantitative estimate of drug-likeness (QED) is 0.245. The second-order valence-electron chi connectivity index (χ2n) is 11.9. The third kappa shape index (κ3) is 4.81. The Kier molecular flexibility index (Phi) is 7.64. The second kappa shape index (κ2) is 9.87. The first-order chi connectivity index (χ1) is 16.3. The van der Waals surface area contributed by atoms with Crippen molar-refractivity contribution in [1.82, 2.24) is 0 Å². The predicted octanol–water partition coefficient (Wildman–Crippen LogP) is 6.88. The van der Waals surface area contributed by atoms with Crippen molar-refractivity contribution in [3.63, 3.8) is 0 Å². The van der Waals surface area contributed by atoms with Crippen LogP contribution in [0.5, 0.6) is 0 Å². The van der Waals surface area contributed by atoms with E-state index in [1.54, 1.807) is 13.0 Å². The fourth-order valence-electron chi connectivity index (χ4n) is 7.44. The molecule has 0 saturated heterocycles. The van der Waals surface area contributed by atoms with Crippen LogP contribution in [0.15, 0.2) is 58.7 Å². The summed E-state index contributed by atoms with van der Waals surface area (Å²) < 4.78 is 4.70. The van der Waals surface area contributed by atoms with E-state index in [4.69, 9.17) is 4.74 Å². The molecule has 4 atom stereocenters. The van der Waals surface area contributed by atoms with Gasteiger partial charge in [-0.15, -0.1) is 0 Å². The second-order valence-corrected chi connectivity index (χ2v) is 11.9. The molecule has 0 amide bonds. The van der Waals surface area contributed by atoms with Crippen molar-refractivity contribution in [3.05, 3.63) is 58.7 Å². The van der Waals surface area contributed by atoms with Crippen LogP contribution < -0.4 is 0 Å². The Balaban J connectivity index is 1.83. The summed E-state index contributed by atoms with van der Waals surface area (Å²) in [6.07, 6.45) is 15.6. The lowest BCUT2D eigenvalue weighted by molar-refractivity contribution is -0.154. The summed E-state index contributed by atoms with van der Waals surface area (Å²) in [5.74, 6) is 0.955. The van der Waals surface area contributed by atoms with Crippen LogP contribution in [-0.2, 0) is 19.1 Å². The van der Waals surface area contributed by atoms with Gasteiger partial charge in [-0.2, -0.15) is 0 Å². The lowest BCUT2D eigenvalue weighted by atomic mass is 9.43. The number of ketones is 2. The summed E-state index contributed by atoms with van der Waals surface area (Å²) in [5.41, 5.74) is 3.19. The third-order valence-electron chi connectivity index (χ3n) is 9.35. The molecule has 3 fully saturated rings. The van der Waals surface area contributed by atoms with Gasteiger partial charge in [0.2, 0.25) is 0 Å². The molecule has 3 aliphatic rings. The molecule has 0 aromatic carbocycles. The van der Waals surface area contributed by atoms with E-state index in [0.717, 1.165) is 36.0 Å². The van der Waals surface area contributed by atoms with Crippen molar-refractivity contribution in [1.29, 1.82) is 0 Å². The zero-order chi connectivity index (χ0) is 26.2. The minimum atomic E-state index is -0.335. The fraction of sp³-hybridized carbons (Fsp3) is 0.581. The highest BCUT2D eigenvalue weighted by atomic mass is 16.5. The topological polar surface area (TPSA) is 60.4 Å². The summed E-state index contributed by atoms with van der Waals surface area (Å²) in [6, 6.07) is 0. The molecule has 0 spiro atoms. The number of fused-ring (bicyclic) bond motifs is 3. The van der Waals surface area contributed by atoms with Crippen LogP contribution in [0.2, 0.25) is 0 Å². The van der Waals surface area contributed by atoms with Gasteiger partial charge in [0.1, 0.15) is 5.78 Å². The molecule has 0 aromatic heterocycles. The van der Waals surface area contributed by atoms with Crippen LogP contribution in [0, 0.1) is 28.1 Å². The number of methoxy groups -OCH3 is 1. The fourth-order valence-corrected chi connectivity index (χ4v) is 7.44. The zero-order valence-electron chi connectivity index (χ0n) is 22.8. The van der Waals surface area contributed by atoms with Crippen LogP contribution in [0.3, 0.4) is 0 Å². The summed E-state index contributed by atoms with van der Waals surface area (Å²) in [7, 11) is 1.37. The monoisotopic (exact) mass is 478 g/mol. The van der Waals surface area contributed by atoms with Crippen LogP contribution in [0.1, 0.15) is 80.6 Å². The lowest BCUT2D eigenvalue weighted by Crippen LogP contribution is -2.56. The van der Waals surface area contributed by atoms with Gasteiger partial charge in [0.15, 0.2) is 5.78 Å². The number of allylic oxidation sites excluding steroid dienone is 9. The number of Topliss-reactive ketones (excluding diaryl/α,β-unsaturated/α-hetero) is 2. The maximum Gasteiger partial charge on any atom is 0.333 e. The molecule has 35 heavy (non-hydrogen) atoms. The summed E-state index contributed by atoms with van der Waals surface area (Å²) in [5, 5.41) is 0. The lowest BCUT2D eigenvalue weighted by Gasteiger charge is -2.60. The molecule has 3 rings (SSSR count). The van der Waals surface area contributed by atoms with E-state index in [-0.39, 0.29) is 33.9 Å². The molecule has 3 saturated carbocycles. The van der Waals surface area contributed by atoms with Gasteiger partial charge in [0.25, 0.3) is 0 Å². The maximum atomic E-state index is 13.4. The molecule has 0 unspecified atom stereocenters. The molecule has 4 nitrogen and oxygen atoms in total. The van der Waals surface area contributed by atoms with Gasteiger partial charge in [0.05, 0.1) is 7.11 Å². The molecular weight excluding hydrogens is 436 g/mol. The number of ether oxygens (including phenoxy) is 1. The average molecular weight is 479 g/mol. The first kappa shape index (κ1) is 27.1. The Morgan fingerprint density at radius 3 is 2.26 bits per heavy atom. The first-order valence-electron chi connectivity index (χ1n) is 12.8. The van der Waals surface area contributed by atoms with Crippen molar-refractivity contribution < 1.29 is 19.1 Å². The Morgan fingerprint density at radius 1 is 0.943 bits per heavy atom. The first-order valence-corrected chi connectivity index (χ1v) is 12.8. The Bertz CT molecular complexity index is 1060. The Morgan fingerprint density at radius 2 is 1.60 bits per heavy atom. The molecule has 0 bridgehead atoms. The molecule has 0 heterocycles. The largest absolute Gasteiger partial charge is 0.466 e. The zero-order valence-corrected chi connectivity index (χ0v) is 22.8. The molecule has 0 aliphatic heterocycles. The van der Waals surface area contributed by atoms with Gasteiger partial charge in [-0.1, -0.05) is 69.7 Å². The Hall–Kier alpha value is -2.49. The normalized spacial score (nSPS) is 34.9. The van der Waals surface area contributed by atoms with Gasteiger partial charge in [-0.3, -0.25) is 9.59 Å². The SMILES string of the molecule is COC(=O)/C(C)=C/C=C/C(C)=C/C=C/C(C)=C1\C(=O)C[C@@H]2[C@@]3(C)CCC(=O)C(C)(C)[C@@H]3CC[C@@]12C. The average Bonchev–Trinajstić information content (AvgIpc) is 3.07. The van der Waals surface area contributed by atoms with Crippen molar-refractivity contribution in [2.75, 3.05) is 7.11 Å². The number of carbonyl (C=O) groups excluding carboxylic acids is 3. The smallest absolute Gasteiger partial charge is 0.333 e. The van der Waals surface area contributed by atoms with Gasteiger partial charge in [-0.05, 0) is 62.9 Å². The van der Waals surface area contributed by atoms with E-state index >= 15 is 0 Å². The van der Waals surface area contributed by atoms with Gasteiger partial charge in [-0.25, -0.2) is 4.79 Å². The van der Waals surface area contributed by atoms with Crippen molar-refractivity contribution in [2.24, 2.45) is 28.1 Å². The Labute approximate surface area is 211 Å². The van der Waals surface area contributed by atoms with Gasteiger partial charge >= 0.3 is 5.97 Å². The predicted molar refractivity (Wildman–Crippen MR) is 141 cm³/mol. The van der Waals surface area contributed by atoms with E-state index in [1.165, 1.54) is 7.11 Å². The molecule has 4 heteroatoms. The van der Waals surface area contributed by atoms with Gasteiger partial charge < -0.3 is 4.74 Å². The van der Waals surface area contributed by atoms with E-state index in [9.17, 15) is 14.4 Å². The van der Waals surface area contributed by atoms with Crippen LogP contribution >= 0.6 is 0 Å². The molecule has 190 valence electrons. The van der Waals surface area contributed by atoms with Crippen LogP contribution in [0.4, 0.5) is 0 Å². The van der Waals surface area contributed by atoms with E-state index in [1.807, 2.05) is 31.2 Å². The summed E-state index contributed by atoms with van der Waals surface area (Å²) >= 11 is 0. The molecular formula is C31H42O4. The van der Waals surface area contributed by atoms with Crippen molar-refractivity contribution in [2.45, 2.75) is 80.6 Å². The summed E-state index contributed by atoms with van der Waals surface area (Å²) in [4.78, 5) is 37.6. The highest BCUT2D eigenvalue weighted by molar-refractivity contribution is 6.01. The highest BCUT2D eigenvalue weighted by Crippen LogP contribution is 2.68. The van der Waals surface area contributed by atoms with Crippen LogP contribution in [0.25, 0.3) is 0 Å². The van der Waals surface area contributed by atoms with Crippen LogP contribution in [-0.4, -0.2) is 24.6 Å². The number of rotatable bonds is 5. The molecule has 3 aliphatic carbocycles. The molecule has 0 radical (unpaired) electrons. The van der Waals surface area contributed by atoms with Crippen molar-refractivity contribution in [3.8, 4) is 0 Å². The van der Waals surface area contributed by atoms with Crippen molar-refractivity contribution >= 4 is 17.5 Å². The van der Waals surface area contributed by atoms with E-state index in [2.05, 4.69) is 40.7 Å². The highest BCUT2D eigenvalue weighted by Gasteiger charge is 2.64. The molecule has 0 N–H and O–H groups in total. The minimum absolute atomic E-state index is 0.0168. The maximum absolute atomic E-state index is 13.4. The van der Waals surface area contributed by atoms with Gasteiger partial charge in [0, 0.05) is 34.8 Å². The minimum Gasteiger partial charge on any atom is -0.466 e. The summed E-state index contributed by atoms with van der Waals surface area (Å²) in [6.45, 7) is 14.7. The molecule has 0 aromatic rings. The third-order valence-corrected chi connectivity index (χ3v) is 9.35. The number of hydrogen-bond acceptors (Lipinski definition) is 4. The number of esters is 1. The standard InChI is InChI=1S/C31H42O4/c1-20(12-10-14-22(3)28(34)35-8)11-9-13-21(2)27-23(32)19-25-30(6)18-16-26(33)29(4,5)24(30)15-17-31(25,27)7/h9-14,24-25H,15-19H2,1-8H3/b12-10+,13-9+,20-11+,22-14+,27-21+/t24-,25+,30-,31+/m0/s1. The van der Waals surface area contributed by atoms with E-state index in [0.29, 0.717) is 30.1 Å².